The summed E-state index contributed by atoms with van der Waals surface area (Å²) >= 11 is 0. The second-order valence-corrected chi connectivity index (χ2v) is 4.42. The van der Waals surface area contributed by atoms with Gasteiger partial charge in [-0.2, -0.15) is 5.26 Å². The molecule has 4 heteroatoms. The predicted octanol–water partition coefficient (Wildman–Crippen LogP) is 2.76. The SMILES string of the molecule is Cc1ccc(-c2nc(C#N)c3ccccn23)cc1N. The van der Waals surface area contributed by atoms with Gasteiger partial charge in [-0.05, 0) is 30.7 Å². The Balaban J connectivity index is 2.31. The first-order valence-corrected chi connectivity index (χ1v) is 5.94. The van der Waals surface area contributed by atoms with E-state index in [0.717, 1.165) is 28.2 Å². The molecule has 0 saturated heterocycles. The van der Waals surface area contributed by atoms with Crippen molar-refractivity contribution in [3.63, 3.8) is 0 Å². The van der Waals surface area contributed by atoms with Crippen LogP contribution in [0, 0.1) is 18.3 Å². The maximum atomic E-state index is 9.14. The zero-order valence-electron chi connectivity index (χ0n) is 10.5. The number of aryl methyl sites for hydroxylation is 1. The van der Waals surface area contributed by atoms with Gasteiger partial charge in [-0.3, -0.25) is 4.40 Å². The van der Waals surface area contributed by atoms with Crippen molar-refractivity contribution < 1.29 is 0 Å². The highest BCUT2D eigenvalue weighted by Gasteiger charge is 2.12. The maximum absolute atomic E-state index is 9.14. The van der Waals surface area contributed by atoms with Crippen LogP contribution in [-0.2, 0) is 0 Å². The van der Waals surface area contributed by atoms with Crippen LogP contribution in [0.2, 0.25) is 0 Å². The molecule has 0 aliphatic carbocycles. The van der Waals surface area contributed by atoms with Crippen LogP contribution in [0.1, 0.15) is 11.3 Å². The molecule has 2 aromatic heterocycles. The minimum absolute atomic E-state index is 0.426. The largest absolute Gasteiger partial charge is 0.398 e. The molecule has 0 aliphatic heterocycles. The monoisotopic (exact) mass is 248 g/mol. The third-order valence-corrected chi connectivity index (χ3v) is 3.19. The first kappa shape index (κ1) is 11.3. The fourth-order valence-electron chi connectivity index (χ4n) is 2.10. The van der Waals surface area contributed by atoms with Gasteiger partial charge in [0.2, 0.25) is 0 Å². The highest BCUT2D eigenvalue weighted by Crippen LogP contribution is 2.25. The molecule has 0 unspecified atom stereocenters. The summed E-state index contributed by atoms with van der Waals surface area (Å²) in [7, 11) is 0. The van der Waals surface area contributed by atoms with E-state index < -0.39 is 0 Å². The van der Waals surface area contributed by atoms with Crippen molar-refractivity contribution in [2.24, 2.45) is 0 Å². The van der Waals surface area contributed by atoms with Gasteiger partial charge in [0.25, 0.3) is 0 Å². The van der Waals surface area contributed by atoms with Crippen LogP contribution >= 0.6 is 0 Å². The molecule has 3 aromatic rings. The van der Waals surface area contributed by atoms with E-state index in [2.05, 4.69) is 11.1 Å². The Kier molecular flexibility index (Phi) is 2.46. The van der Waals surface area contributed by atoms with Crippen molar-refractivity contribution in [3.8, 4) is 17.5 Å². The van der Waals surface area contributed by atoms with Crippen LogP contribution in [0.25, 0.3) is 16.9 Å². The molecule has 92 valence electrons. The van der Waals surface area contributed by atoms with Crippen LogP contribution in [0.5, 0.6) is 0 Å². The molecular weight excluding hydrogens is 236 g/mol. The molecule has 1 aromatic carbocycles. The Labute approximate surface area is 110 Å². The fraction of sp³-hybridized carbons (Fsp3) is 0.0667. The van der Waals surface area contributed by atoms with Gasteiger partial charge in [0.15, 0.2) is 5.69 Å². The summed E-state index contributed by atoms with van der Waals surface area (Å²) in [6, 6.07) is 13.6. The number of nitrogens with two attached hydrogens (primary N) is 1. The van der Waals surface area contributed by atoms with Gasteiger partial charge in [0.05, 0.1) is 5.52 Å². The lowest BCUT2D eigenvalue weighted by molar-refractivity contribution is 1.16. The number of hydrogen-bond donors (Lipinski definition) is 1. The molecular formula is C15H12N4. The predicted molar refractivity (Wildman–Crippen MR) is 74.5 cm³/mol. The fourth-order valence-corrected chi connectivity index (χ4v) is 2.10. The van der Waals surface area contributed by atoms with Crippen molar-refractivity contribution in [1.29, 1.82) is 5.26 Å². The van der Waals surface area contributed by atoms with E-state index in [0.29, 0.717) is 5.69 Å². The highest BCUT2D eigenvalue weighted by atomic mass is 15.0. The van der Waals surface area contributed by atoms with Crippen molar-refractivity contribution in [2.75, 3.05) is 5.73 Å². The summed E-state index contributed by atoms with van der Waals surface area (Å²) in [5.41, 5.74) is 9.84. The van der Waals surface area contributed by atoms with Gasteiger partial charge in [0, 0.05) is 17.4 Å². The minimum atomic E-state index is 0.426. The molecule has 2 N–H and O–H groups in total. The average Bonchev–Trinajstić information content (AvgIpc) is 2.81. The van der Waals surface area contributed by atoms with Crippen LogP contribution < -0.4 is 5.73 Å². The number of nitrogens with zero attached hydrogens (tertiary/aromatic N) is 3. The molecule has 0 atom stereocenters. The number of pyridine rings is 1. The number of imidazole rings is 1. The van der Waals surface area contributed by atoms with Crippen LogP contribution in [0.15, 0.2) is 42.6 Å². The van der Waals surface area contributed by atoms with E-state index in [-0.39, 0.29) is 0 Å². The number of benzene rings is 1. The second-order valence-electron chi connectivity index (χ2n) is 4.42. The summed E-state index contributed by atoms with van der Waals surface area (Å²) < 4.78 is 1.91. The standard InChI is InChI=1S/C15H12N4/c1-10-5-6-11(8-12(10)17)15-18-13(9-16)14-4-2-3-7-19(14)15/h2-8H,17H2,1H3. The van der Waals surface area contributed by atoms with Crippen LogP contribution in [0.4, 0.5) is 5.69 Å². The van der Waals surface area contributed by atoms with Gasteiger partial charge in [-0.15, -0.1) is 0 Å². The van der Waals surface area contributed by atoms with Crippen molar-refractivity contribution in [1.82, 2.24) is 9.38 Å². The van der Waals surface area contributed by atoms with Gasteiger partial charge >= 0.3 is 0 Å². The number of nitriles is 1. The van der Waals surface area contributed by atoms with Crippen molar-refractivity contribution in [2.45, 2.75) is 6.92 Å². The Morgan fingerprint density at radius 1 is 1.26 bits per heavy atom. The number of hydrogen-bond acceptors (Lipinski definition) is 3. The number of nitrogen functional groups attached to an aromatic ring is 1. The molecule has 0 saturated carbocycles. The van der Waals surface area contributed by atoms with E-state index in [1.54, 1.807) is 0 Å². The molecule has 0 radical (unpaired) electrons. The quantitative estimate of drug-likeness (QED) is 0.673. The molecule has 4 nitrogen and oxygen atoms in total. The number of aromatic nitrogens is 2. The van der Waals surface area contributed by atoms with E-state index >= 15 is 0 Å². The summed E-state index contributed by atoms with van der Waals surface area (Å²) in [5.74, 6) is 0.735. The zero-order chi connectivity index (χ0) is 13.4. The molecule has 19 heavy (non-hydrogen) atoms. The number of fused-ring (bicyclic) bond motifs is 1. The number of anilines is 1. The van der Waals surface area contributed by atoms with Gasteiger partial charge in [-0.25, -0.2) is 4.98 Å². The van der Waals surface area contributed by atoms with Gasteiger partial charge in [0.1, 0.15) is 11.9 Å². The molecule has 0 aliphatic rings. The summed E-state index contributed by atoms with van der Waals surface area (Å²) in [6.45, 7) is 1.96. The van der Waals surface area contributed by atoms with Crippen LogP contribution in [0.3, 0.4) is 0 Å². The first-order valence-electron chi connectivity index (χ1n) is 5.94. The van der Waals surface area contributed by atoms with Crippen molar-refractivity contribution >= 4 is 11.2 Å². The Morgan fingerprint density at radius 2 is 2.11 bits per heavy atom. The Morgan fingerprint density at radius 3 is 2.84 bits per heavy atom. The van der Waals surface area contributed by atoms with Gasteiger partial charge in [-0.1, -0.05) is 18.2 Å². The van der Waals surface area contributed by atoms with E-state index in [1.807, 2.05) is 53.9 Å². The molecule has 0 spiro atoms. The molecule has 0 bridgehead atoms. The summed E-state index contributed by atoms with van der Waals surface area (Å²) in [5, 5.41) is 9.14. The van der Waals surface area contributed by atoms with Crippen LogP contribution in [-0.4, -0.2) is 9.38 Å². The summed E-state index contributed by atoms with van der Waals surface area (Å²) in [6.07, 6.45) is 1.90. The summed E-state index contributed by atoms with van der Waals surface area (Å²) in [4.78, 5) is 4.40. The molecule has 0 fully saturated rings. The lowest BCUT2D eigenvalue weighted by Gasteiger charge is -2.04. The molecule has 0 amide bonds. The minimum Gasteiger partial charge on any atom is -0.398 e. The zero-order valence-corrected chi connectivity index (χ0v) is 10.5. The third-order valence-electron chi connectivity index (χ3n) is 3.19. The van der Waals surface area contributed by atoms with Gasteiger partial charge < -0.3 is 5.73 Å². The first-order chi connectivity index (χ1) is 9.20. The lowest BCUT2D eigenvalue weighted by Crippen LogP contribution is -1.93. The second kappa shape index (κ2) is 4.14. The highest BCUT2D eigenvalue weighted by molar-refractivity contribution is 5.70. The molecule has 2 heterocycles. The average molecular weight is 248 g/mol. The third kappa shape index (κ3) is 1.72. The molecule has 3 rings (SSSR count). The topological polar surface area (TPSA) is 67.1 Å². The lowest BCUT2D eigenvalue weighted by atomic mass is 10.1. The van der Waals surface area contributed by atoms with E-state index in [4.69, 9.17) is 11.0 Å². The number of rotatable bonds is 1. The maximum Gasteiger partial charge on any atom is 0.166 e. The van der Waals surface area contributed by atoms with Crippen molar-refractivity contribution in [3.05, 3.63) is 53.9 Å². The van der Waals surface area contributed by atoms with E-state index in [9.17, 15) is 0 Å². The smallest absolute Gasteiger partial charge is 0.166 e. The Bertz CT molecular complexity index is 809. The van der Waals surface area contributed by atoms with E-state index in [1.165, 1.54) is 0 Å². The Hall–Kier alpha value is -2.80. The normalized spacial score (nSPS) is 10.5.